The Labute approximate surface area is 176 Å². The first-order valence-electron chi connectivity index (χ1n) is 10.3. The van der Waals surface area contributed by atoms with Crippen LogP contribution in [0, 0.1) is 0 Å². The summed E-state index contributed by atoms with van der Waals surface area (Å²) in [5, 5.41) is 2.90. The fraction of sp³-hybridized carbons (Fsp3) is 0.391. The molecule has 7 nitrogen and oxygen atoms in total. The van der Waals surface area contributed by atoms with E-state index in [4.69, 9.17) is 14.2 Å². The van der Waals surface area contributed by atoms with Crippen LogP contribution in [0.4, 0.5) is 5.69 Å². The minimum atomic E-state index is -0.212. The van der Waals surface area contributed by atoms with Gasteiger partial charge in [0, 0.05) is 6.54 Å². The molecule has 0 radical (unpaired) electrons. The molecule has 2 amide bonds. The van der Waals surface area contributed by atoms with Gasteiger partial charge in [-0.3, -0.25) is 14.5 Å². The van der Waals surface area contributed by atoms with E-state index < -0.39 is 0 Å². The highest BCUT2D eigenvalue weighted by Gasteiger charge is 2.24. The van der Waals surface area contributed by atoms with Crippen LogP contribution in [0.25, 0.3) is 0 Å². The minimum Gasteiger partial charge on any atom is -0.491 e. The van der Waals surface area contributed by atoms with Crippen LogP contribution in [-0.2, 0) is 16.0 Å². The Morgan fingerprint density at radius 3 is 2.67 bits per heavy atom. The lowest BCUT2D eigenvalue weighted by Crippen LogP contribution is -2.41. The molecule has 0 spiro atoms. The normalized spacial score (nSPS) is 13.1. The lowest BCUT2D eigenvalue weighted by atomic mass is 10.1. The molecule has 7 heteroatoms. The summed E-state index contributed by atoms with van der Waals surface area (Å²) in [4.78, 5) is 26.4. The van der Waals surface area contributed by atoms with Crippen molar-refractivity contribution in [2.75, 3.05) is 37.8 Å². The van der Waals surface area contributed by atoms with Gasteiger partial charge in [0.2, 0.25) is 11.8 Å². The van der Waals surface area contributed by atoms with E-state index in [1.807, 2.05) is 44.2 Å². The van der Waals surface area contributed by atoms with Gasteiger partial charge in [-0.05, 0) is 50.1 Å². The van der Waals surface area contributed by atoms with Crippen LogP contribution in [0.3, 0.4) is 0 Å². The van der Waals surface area contributed by atoms with Crippen molar-refractivity contribution >= 4 is 17.5 Å². The van der Waals surface area contributed by atoms with E-state index >= 15 is 0 Å². The number of benzene rings is 2. The van der Waals surface area contributed by atoms with E-state index in [-0.39, 0.29) is 24.8 Å². The maximum atomic E-state index is 12.5. The van der Waals surface area contributed by atoms with Crippen LogP contribution in [-0.4, -0.2) is 44.7 Å². The van der Waals surface area contributed by atoms with E-state index in [0.717, 1.165) is 5.56 Å². The fourth-order valence-corrected chi connectivity index (χ4v) is 3.29. The van der Waals surface area contributed by atoms with Crippen LogP contribution in [0.2, 0.25) is 0 Å². The Kier molecular flexibility index (Phi) is 7.54. The number of anilines is 1. The summed E-state index contributed by atoms with van der Waals surface area (Å²) in [6, 6.07) is 13.1. The third-order valence-electron chi connectivity index (χ3n) is 4.68. The van der Waals surface area contributed by atoms with E-state index in [2.05, 4.69) is 5.32 Å². The molecule has 0 saturated carbocycles. The van der Waals surface area contributed by atoms with Gasteiger partial charge in [0.15, 0.2) is 11.5 Å². The van der Waals surface area contributed by atoms with Crippen LogP contribution < -0.4 is 24.4 Å². The summed E-state index contributed by atoms with van der Waals surface area (Å²) in [6.45, 7) is 5.71. The molecule has 0 bridgehead atoms. The summed E-state index contributed by atoms with van der Waals surface area (Å²) < 4.78 is 16.8. The zero-order chi connectivity index (χ0) is 21.3. The second-order valence-corrected chi connectivity index (χ2v) is 6.79. The molecule has 0 aliphatic carbocycles. The number of ether oxygens (including phenoxy) is 3. The number of nitrogens with zero attached hydrogens (tertiary/aromatic N) is 1. The van der Waals surface area contributed by atoms with Crippen molar-refractivity contribution in [1.82, 2.24) is 5.32 Å². The smallest absolute Gasteiger partial charge is 0.240 e. The zero-order valence-corrected chi connectivity index (χ0v) is 17.5. The fourth-order valence-electron chi connectivity index (χ4n) is 3.29. The number of nitrogens with one attached hydrogen (secondary N) is 1. The largest absolute Gasteiger partial charge is 0.491 e. The highest BCUT2D eigenvalue weighted by Crippen LogP contribution is 2.31. The number of carbonyl (C=O) groups excluding carboxylic acids is 2. The first-order valence-corrected chi connectivity index (χ1v) is 10.3. The Balaban J connectivity index is 1.57. The molecule has 30 heavy (non-hydrogen) atoms. The van der Waals surface area contributed by atoms with Crippen LogP contribution in [0.5, 0.6) is 17.2 Å². The van der Waals surface area contributed by atoms with Gasteiger partial charge >= 0.3 is 0 Å². The average molecular weight is 412 g/mol. The predicted molar refractivity (Wildman–Crippen MR) is 114 cm³/mol. The molecule has 1 heterocycles. The highest BCUT2D eigenvalue weighted by atomic mass is 16.5. The summed E-state index contributed by atoms with van der Waals surface area (Å²) >= 11 is 0. The van der Waals surface area contributed by atoms with E-state index in [1.54, 1.807) is 12.1 Å². The molecule has 0 fully saturated rings. The first kappa shape index (κ1) is 21.5. The van der Waals surface area contributed by atoms with Crippen LogP contribution in [0.15, 0.2) is 42.5 Å². The number of fused-ring (bicyclic) bond motifs is 1. The number of para-hydroxylation sites is 2. The van der Waals surface area contributed by atoms with Crippen molar-refractivity contribution in [2.24, 2.45) is 0 Å². The Hall–Kier alpha value is -3.22. The lowest BCUT2D eigenvalue weighted by Gasteiger charge is -2.21. The molecule has 0 saturated heterocycles. The van der Waals surface area contributed by atoms with Gasteiger partial charge < -0.3 is 19.5 Å². The Morgan fingerprint density at radius 1 is 1.10 bits per heavy atom. The zero-order valence-electron chi connectivity index (χ0n) is 17.5. The summed E-state index contributed by atoms with van der Waals surface area (Å²) in [5.41, 5.74) is 1.66. The lowest BCUT2D eigenvalue weighted by molar-refractivity contribution is -0.123. The number of carbonyl (C=O) groups is 2. The summed E-state index contributed by atoms with van der Waals surface area (Å²) in [6.07, 6.45) is 0.889. The maximum Gasteiger partial charge on any atom is 0.240 e. The summed E-state index contributed by atoms with van der Waals surface area (Å²) in [5.74, 6) is 1.70. The molecule has 0 aromatic heterocycles. The number of rotatable bonds is 9. The monoisotopic (exact) mass is 412 g/mol. The van der Waals surface area contributed by atoms with E-state index in [1.165, 1.54) is 4.90 Å². The first-order chi connectivity index (χ1) is 14.6. The number of hydrogen-bond acceptors (Lipinski definition) is 5. The Bertz CT molecular complexity index is 884. The highest BCUT2D eigenvalue weighted by molar-refractivity contribution is 6.00. The molecule has 2 aromatic rings. The van der Waals surface area contributed by atoms with Crippen molar-refractivity contribution < 1.29 is 23.8 Å². The van der Waals surface area contributed by atoms with Crippen molar-refractivity contribution in [3.8, 4) is 17.2 Å². The van der Waals surface area contributed by atoms with Gasteiger partial charge in [0.25, 0.3) is 0 Å². The van der Waals surface area contributed by atoms with Gasteiger partial charge in [-0.2, -0.15) is 0 Å². The van der Waals surface area contributed by atoms with Crippen molar-refractivity contribution in [3.63, 3.8) is 0 Å². The van der Waals surface area contributed by atoms with Crippen molar-refractivity contribution in [3.05, 3.63) is 48.0 Å². The third kappa shape index (κ3) is 5.43. The standard InChI is InChI=1S/C23H28N2O5/c1-3-28-20-10-9-17(15-21(20)29-4-2)11-13-24-22(26)16-25-18-7-5-6-8-19(18)30-14-12-23(25)27/h5-10,15H,3-4,11-14,16H2,1-2H3,(H,24,26). The van der Waals surface area contributed by atoms with Gasteiger partial charge in [0.1, 0.15) is 12.3 Å². The second-order valence-electron chi connectivity index (χ2n) is 6.79. The molecular weight excluding hydrogens is 384 g/mol. The molecule has 1 aliphatic rings. The quantitative estimate of drug-likeness (QED) is 0.685. The molecule has 1 N–H and O–H groups in total. The molecule has 0 unspecified atom stereocenters. The molecule has 0 atom stereocenters. The average Bonchev–Trinajstić information content (AvgIpc) is 2.89. The van der Waals surface area contributed by atoms with Crippen molar-refractivity contribution in [2.45, 2.75) is 26.7 Å². The van der Waals surface area contributed by atoms with Crippen molar-refractivity contribution in [1.29, 1.82) is 0 Å². The van der Waals surface area contributed by atoms with E-state index in [9.17, 15) is 9.59 Å². The Morgan fingerprint density at radius 2 is 1.87 bits per heavy atom. The molecule has 2 aromatic carbocycles. The van der Waals surface area contributed by atoms with Gasteiger partial charge in [-0.25, -0.2) is 0 Å². The topological polar surface area (TPSA) is 77.1 Å². The number of hydrogen-bond donors (Lipinski definition) is 1. The SMILES string of the molecule is CCOc1ccc(CCNC(=O)CN2C(=O)CCOc3ccccc32)cc1OCC. The molecule has 3 rings (SSSR count). The van der Waals surface area contributed by atoms with Gasteiger partial charge in [-0.1, -0.05) is 18.2 Å². The number of amides is 2. The summed E-state index contributed by atoms with van der Waals surface area (Å²) in [7, 11) is 0. The van der Waals surface area contributed by atoms with E-state index in [0.29, 0.717) is 55.7 Å². The van der Waals surface area contributed by atoms with Gasteiger partial charge in [-0.15, -0.1) is 0 Å². The van der Waals surface area contributed by atoms with Crippen LogP contribution in [0.1, 0.15) is 25.8 Å². The molecule has 160 valence electrons. The maximum absolute atomic E-state index is 12.5. The third-order valence-corrected chi connectivity index (χ3v) is 4.68. The predicted octanol–water partition coefficient (Wildman–Crippen LogP) is 2.96. The van der Waals surface area contributed by atoms with Gasteiger partial charge in [0.05, 0.1) is 31.9 Å². The second kappa shape index (κ2) is 10.5. The van der Waals surface area contributed by atoms with Crippen LogP contribution >= 0.6 is 0 Å². The molecule has 1 aliphatic heterocycles. The minimum absolute atomic E-state index is 0.0350. The molecular formula is C23H28N2O5.